The molecule has 0 bridgehead atoms. The van der Waals surface area contributed by atoms with E-state index in [9.17, 15) is 4.79 Å². The Kier molecular flexibility index (Phi) is 2.59. The highest BCUT2D eigenvalue weighted by Crippen LogP contribution is 2.32. The molecule has 1 N–H and O–H groups in total. The molecule has 0 aliphatic heterocycles. The maximum atomic E-state index is 12.1. The van der Waals surface area contributed by atoms with Gasteiger partial charge < -0.3 is 4.74 Å². The Balaban J connectivity index is 2.60. The predicted octanol–water partition coefficient (Wildman–Crippen LogP) is 3.07. The lowest BCUT2D eigenvalue weighted by atomic mass is 10.1. The van der Waals surface area contributed by atoms with Crippen LogP contribution >= 0.6 is 0 Å². The fraction of sp³-hybridized carbons (Fsp3) is 0.267. The van der Waals surface area contributed by atoms with Crippen LogP contribution in [0, 0.1) is 0 Å². The van der Waals surface area contributed by atoms with Gasteiger partial charge in [0.25, 0.3) is 5.56 Å². The van der Waals surface area contributed by atoms with Gasteiger partial charge in [-0.25, -0.2) is 0 Å². The van der Waals surface area contributed by atoms with Gasteiger partial charge in [0, 0.05) is 16.8 Å². The zero-order valence-electron chi connectivity index (χ0n) is 11.2. The van der Waals surface area contributed by atoms with E-state index in [1.807, 2.05) is 48.9 Å². The number of hydrogen-bond donors (Lipinski definition) is 1. The van der Waals surface area contributed by atoms with Crippen molar-refractivity contribution in [3.8, 4) is 5.75 Å². The first-order valence-corrected chi connectivity index (χ1v) is 6.33. The molecular formula is C15H16N2O2. The monoisotopic (exact) mass is 256 g/mol. The molecule has 0 atom stereocenters. The molecule has 2 aromatic carbocycles. The number of benzene rings is 2. The van der Waals surface area contributed by atoms with E-state index in [1.54, 1.807) is 7.11 Å². The molecular weight excluding hydrogens is 240 g/mol. The number of methoxy groups -OCH3 is 1. The maximum absolute atomic E-state index is 12.1. The Bertz CT molecular complexity index is 812. The first-order valence-electron chi connectivity index (χ1n) is 6.33. The molecule has 0 unspecified atom stereocenters. The number of fused-ring (bicyclic) bond motifs is 3. The average Bonchev–Trinajstić information content (AvgIpc) is 2.75. The van der Waals surface area contributed by atoms with Crippen molar-refractivity contribution in [3.05, 3.63) is 40.7 Å². The van der Waals surface area contributed by atoms with E-state index >= 15 is 0 Å². The fourth-order valence-electron chi connectivity index (χ4n) is 2.54. The summed E-state index contributed by atoms with van der Waals surface area (Å²) in [4.78, 5) is 12.1. The molecule has 0 saturated carbocycles. The lowest BCUT2D eigenvalue weighted by molar-refractivity contribution is 0.420. The van der Waals surface area contributed by atoms with Crippen LogP contribution in [0.3, 0.4) is 0 Å². The zero-order valence-corrected chi connectivity index (χ0v) is 11.2. The molecule has 4 heteroatoms. The third kappa shape index (κ3) is 1.63. The molecule has 0 radical (unpaired) electrons. The van der Waals surface area contributed by atoms with Crippen LogP contribution in [0.1, 0.15) is 19.9 Å². The van der Waals surface area contributed by atoms with Gasteiger partial charge in [-0.05, 0) is 19.9 Å². The van der Waals surface area contributed by atoms with Crippen LogP contribution in [0.2, 0.25) is 0 Å². The van der Waals surface area contributed by atoms with E-state index in [4.69, 9.17) is 4.74 Å². The zero-order chi connectivity index (χ0) is 13.6. The molecule has 98 valence electrons. The van der Waals surface area contributed by atoms with Crippen molar-refractivity contribution in [3.63, 3.8) is 0 Å². The molecule has 3 rings (SSSR count). The van der Waals surface area contributed by atoms with Crippen molar-refractivity contribution in [1.29, 1.82) is 0 Å². The molecule has 0 aliphatic carbocycles. The third-order valence-electron chi connectivity index (χ3n) is 3.42. The first kappa shape index (κ1) is 11.8. The van der Waals surface area contributed by atoms with Crippen molar-refractivity contribution >= 4 is 21.7 Å². The number of aromatic nitrogens is 2. The van der Waals surface area contributed by atoms with Crippen LogP contribution in [-0.2, 0) is 0 Å². The number of aromatic amines is 1. The number of rotatable bonds is 2. The highest BCUT2D eigenvalue weighted by Gasteiger charge is 2.15. The summed E-state index contributed by atoms with van der Waals surface area (Å²) in [6.07, 6.45) is 0. The average molecular weight is 256 g/mol. The molecule has 0 spiro atoms. The molecule has 0 aliphatic rings. The Hall–Kier alpha value is -2.23. The van der Waals surface area contributed by atoms with E-state index in [1.165, 1.54) is 0 Å². The van der Waals surface area contributed by atoms with Crippen molar-refractivity contribution in [1.82, 2.24) is 9.78 Å². The van der Waals surface area contributed by atoms with Gasteiger partial charge in [0.1, 0.15) is 5.75 Å². The predicted molar refractivity (Wildman–Crippen MR) is 77.0 cm³/mol. The van der Waals surface area contributed by atoms with Gasteiger partial charge in [0.05, 0.1) is 18.0 Å². The minimum Gasteiger partial charge on any atom is -0.496 e. The summed E-state index contributed by atoms with van der Waals surface area (Å²) in [7, 11) is 1.63. The molecule has 0 amide bonds. The Morgan fingerprint density at radius 1 is 1.16 bits per heavy atom. The molecule has 3 aromatic rings. The van der Waals surface area contributed by atoms with Gasteiger partial charge in [-0.1, -0.05) is 24.3 Å². The standard InChI is InChI=1S/C15H16N2O2/c1-9(2)17-14-11-7-5-4-6-10(11)13(19-3)8-12(14)15(18)16-17/h4-9H,1-3H3,(H,16,18). The van der Waals surface area contributed by atoms with Gasteiger partial charge in [-0.2, -0.15) is 0 Å². The van der Waals surface area contributed by atoms with E-state index in [-0.39, 0.29) is 11.6 Å². The lowest BCUT2D eigenvalue weighted by Gasteiger charge is -2.12. The molecule has 1 heterocycles. The molecule has 4 nitrogen and oxygen atoms in total. The highest BCUT2D eigenvalue weighted by molar-refractivity contribution is 6.08. The fourth-order valence-corrected chi connectivity index (χ4v) is 2.54. The SMILES string of the molecule is COc1cc2c(=O)[nH]n(C(C)C)c2c2ccccc12. The third-order valence-corrected chi connectivity index (χ3v) is 3.42. The number of ether oxygens (including phenoxy) is 1. The maximum Gasteiger partial charge on any atom is 0.272 e. The number of nitrogens with one attached hydrogen (secondary N) is 1. The number of hydrogen-bond acceptors (Lipinski definition) is 2. The van der Waals surface area contributed by atoms with Crippen LogP contribution < -0.4 is 10.3 Å². The summed E-state index contributed by atoms with van der Waals surface area (Å²) in [5, 5.41) is 5.62. The Morgan fingerprint density at radius 2 is 1.84 bits per heavy atom. The van der Waals surface area contributed by atoms with E-state index in [2.05, 4.69) is 5.10 Å². The van der Waals surface area contributed by atoms with Gasteiger partial charge in [-0.15, -0.1) is 0 Å². The molecule has 0 fully saturated rings. The van der Waals surface area contributed by atoms with E-state index in [0.29, 0.717) is 5.39 Å². The topological polar surface area (TPSA) is 47.0 Å². The quantitative estimate of drug-likeness (QED) is 0.766. The minimum absolute atomic E-state index is 0.0762. The summed E-state index contributed by atoms with van der Waals surface area (Å²) in [5.74, 6) is 0.732. The van der Waals surface area contributed by atoms with Gasteiger partial charge in [0.15, 0.2) is 0 Å². The first-order chi connectivity index (χ1) is 9.13. The summed E-state index contributed by atoms with van der Waals surface area (Å²) < 4.78 is 7.31. The van der Waals surface area contributed by atoms with Gasteiger partial charge >= 0.3 is 0 Å². The lowest BCUT2D eigenvalue weighted by Crippen LogP contribution is -2.07. The molecule has 19 heavy (non-hydrogen) atoms. The van der Waals surface area contributed by atoms with Crippen LogP contribution in [0.25, 0.3) is 21.7 Å². The summed E-state index contributed by atoms with van der Waals surface area (Å²) in [5.41, 5.74) is 0.865. The summed E-state index contributed by atoms with van der Waals surface area (Å²) >= 11 is 0. The minimum atomic E-state index is -0.0762. The number of H-pyrrole nitrogens is 1. The van der Waals surface area contributed by atoms with Crippen molar-refractivity contribution in [2.24, 2.45) is 0 Å². The van der Waals surface area contributed by atoms with Gasteiger partial charge in [0.2, 0.25) is 0 Å². The largest absolute Gasteiger partial charge is 0.496 e. The second-order valence-electron chi connectivity index (χ2n) is 4.93. The molecule has 0 saturated heterocycles. The van der Waals surface area contributed by atoms with Crippen LogP contribution in [-0.4, -0.2) is 16.9 Å². The van der Waals surface area contributed by atoms with Crippen LogP contribution in [0.4, 0.5) is 0 Å². The second-order valence-corrected chi connectivity index (χ2v) is 4.93. The Morgan fingerprint density at radius 3 is 2.47 bits per heavy atom. The van der Waals surface area contributed by atoms with Crippen molar-refractivity contribution in [2.45, 2.75) is 19.9 Å². The second kappa shape index (κ2) is 4.16. The Labute approximate surface area is 110 Å². The van der Waals surface area contributed by atoms with E-state index in [0.717, 1.165) is 22.0 Å². The normalized spacial score (nSPS) is 11.6. The van der Waals surface area contributed by atoms with Crippen molar-refractivity contribution in [2.75, 3.05) is 7.11 Å². The number of nitrogens with zero attached hydrogens (tertiary/aromatic N) is 1. The van der Waals surface area contributed by atoms with Crippen LogP contribution in [0.15, 0.2) is 35.1 Å². The highest BCUT2D eigenvalue weighted by atomic mass is 16.5. The van der Waals surface area contributed by atoms with Gasteiger partial charge in [-0.3, -0.25) is 14.6 Å². The van der Waals surface area contributed by atoms with Crippen LogP contribution in [0.5, 0.6) is 5.75 Å². The molecule has 1 aromatic heterocycles. The summed E-state index contributed by atoms with van der Waals surface area (Å²) in [6.45, 7) is 4.10. The summed E-state index contributed by atoms with van der Waals surface area (Å²) in [6, 6.07) is 9.99. The smallest absolute Gasteiger partial charge is 0.272 e. The van der Waals surface area contributed by atoms with Crippen molar-refractivity contribution < 1.29 is 4.74 Å². The van der Waals surface area contributed by atoms with E-state index < -0.39 is 0 Å².